The van der Waals surface area contributed by atoms with Crippen molar-refractivity contribution in [2.45, 2.75) is 0 Å². The first-order valence-corrected chi connectivity index (χ1v) is 9.99. The molecule has 154 valence electrons. The molecule has 0 atom stereocenters. The number of hydrogen-bond acceptors (Lipinski definition) is 4. The summed E-state index contributed by atoms with van der Waals surface area (Å²) in [7, 11) is 0. The normalized spacial score (nSPS) is 11.4. The van der Waals surface area contributed by atoms with Gasteiger partial charge in [-0.05, 0) is 42.0 Å². The highest BCUT2D eigenvalue weighted by Crippen LogP contribution is 2.28. The first-order chi connectivity index (χ1) is 15.0. The lowest BCUT2D eigenvalue weighted by molar-refractivity contribution is 0.0952. The average Bonchev–Trinajstić information content (AvgIpc) is 2.78. The highest BCUT2D eigenvalue weighted by molar-refractivity contribution is 6.35. The summed E-state index contributed by atoms with van der Waals surface area (Å²) in [4.78, 5) is 16.6. The van der Waals surface area contributed by atoms with E-state index in [0.29, 0.717) is 21.2 Å². The highest BCUT2D eigenvalue weighted by Gasteiger charge is 2.10. The Morgan fingerprint density at radius 1 is 0.968 bits per heavy atom. The van der Waals surface area contributed by atoms with Gasteiger partial charge in [-0.25, -0.2) is 10.4 Å². The number of hydrogen-bond donors (Lipinski definition) is 2. The van der Waals surface area contributed by atoms with E-state index in [2.05, 4.69) is 15.5 Å². The molecule has 0 spiro atoms. The summed E-state index contributed by atoms with van der Waals surface area (Å²) >= 11 is 12.5. The number of carbonyl (C=O) groups excluding carboxylic acids is 1. The molecule has 0 saturated carbocycles. The summed E-state index contributed by atoms with van der Waals surface area (Å²) in [5, 5.41) is 14.7. The molecular formula is C23H16Cl2N4O2. The fraction of sp³-hybridized carbons (Fsp3) is 0. The minimum atomic E-state index is -0.462. The number of aromatic hydroxyl groups is 1. The molecule has 0 bridgehead atoms. The predicted octanol–water partition coefficient (Wildman–Crippen LogP) is 4.80. The van der Waals surface area contributed by atoms with E-state index in [1.165, 1.54) is 12.1 Å². The number of nitrogens with one attached hydrogen (secondary N) is 1. The van der Waals surface area contributed by atoms with Crippen molar-refractivity contribution in [3.05, 3.63) is 106 Å². The zero-order valence-electron chi connectivity index (χ0n) is 16.0. The van der Waals surface area contributed by atoms with E-state index in [-0.39, 0.29) is 11.3 Å². The van der Waals surface area contributed by atoms with E-state index in [1.807, 2.05) is 34.9 Å². The zero-order valence-corrected chi connectivity index (χ0v) is 17.5. The van der Waals surface area contributed by atoms with Gasteiger partial charge in [0, 0.05) is 16.7 Å². The second-order valence-corrected chi connectivity index (χ2v) is 7.41. The van der Waals surface area contributed by atoms with Crippen LogP contribution in [0.2, 0.25) is 10.0 Å². The fourth-order valence-corrected chi connectivity index (χ4v) is 3.49. The van der Waals surface area contributed by atoms with E-state index >= 15 is 0 Å². The van der Waals surface area contributed by atoms with Crippen LogP contribution >= 0.6 is 23.2 Å². The Bertz CT molecular complexity index is 1320. The van der Waals surface area contributed by atoms with Gasteiger partial charge in [-0.3, -0.25) is 9.36 Å². The number of phenols is 1. The minimum Gasteiger partial charge on any atom is -0.508 e. The van der Waals surface area contributed by atoms with Crippen molar-refractivity contribution in [1.82, 2.24) is 15.0 Å². The summed E-state index contributed by atoms with van der Waals surface area (Å²) in [6.45, 7) is 0. The molecule has 2 N–H and O–H groups in total. The van der Waals surface area contributed by atoms with Gasteiger partial charge < -0.3 is 5.11 Å². The van der Waals surface area contributed by atoms with Crippen LogP contribution in [0.1, 0.15) is 10.4 Å². The second kappa shape index (κ2) is 9.04. The molecule has 0 aliphatic rings. The third-order valence-electron chi connectivity index (χ3n) is 4.45. The Labute approximate surface area is 188 Å². The van der Waals surface area contributed by atoms with Gasteiger partial charge in [0.05, 0.1) is 16.4 Å². The SMILES string of the molecule is O=C(NN=c1cc(-c2ccccc2)n(-c2ccc(Cl)cc2Cl)cn1)c1cccc(O)c1. The van der Waals surface area contributed by atoms with Gasteiger partial charge in [-0.15, -0.1) is 0 Å². The first kappa shape index (κ1) is 20.7. The smallest absolute Gasteiger partial charge is 0.271 e. The third kappa shape index (κ3) is 4.77. The topological polar surface area (TPSA) is 79.5 Å². The van der Waals surface area contributed by atoms with Crippen LogP contribution in [-0.2, 0) is 0 Å². The Morgan fingerprint density at radius 3 is 2.52 bits per heavy atom. The van der Waals surface area contributed by atoms with E-state index < -0.39 is 5.91 Å². The predicted molar refractivity (Wildman–Crippen MR) is 120 cm³/mol. The number of benzene rings is 3. The molecular weight excluding hydrogens is 435 g/mol. The molecule has 8 heteroatoms. The molecule has 6 nitrogen and oxygen atoms in total. The van der Waals surface area contributed by atoms with Gasteiger partial charge >= 0.3 is 0 Å². The lowest BCUT2D eigenvalue weighted by Gasteiger charge is -2.15. The number of nitrogens with zero attached hydrogens (tertiary/aromatic N) is 3. The summed E-state index contributed by atoms with van der Waals surface area (Å²) in [6.07, 6.45) is 1.58. The monoisotopic (exact) mass is 450 g/mol. The van der Waals surface area contributed by atoms with E-state index in [4.69, 9.17) is 23.2 Å². The van der Waals surface area contributed by atoms with Gasteiger partial charge in [0.15, 0.2) is 5.49 Å². The number of carbonyl (C=O) groups is 1. The van der Waals surface area contributed by atoms with Gasteiger partial charge in [0.1, 0.15) is 12.1 Å². The van der Waals surface area contributed by atoms with Crippen LogP contribution in [0.5, 0.6) is 5.75 Å². The van der Waals surface area contributed by atoms with Gasteiger partial charge in [-0.1, -0.05) is 59.6 Å². The summed E-state index contributed by atoms with van der Waals surface area (Å²) in [5.74, 6) is -0.464. The minimum absolute atomic E-state index is 0.00210. The first-order valence-electron chi connectivity index (χ1n) is 9.24. The molecule has 0 aliphatic heterocycles. The van der Waals surface area contributed by atoms with Crippen molar-refractivity contribution in [1.29, 1.82) is 0 Å². The van der Waals surface area contributed by atoms with Crippen LogP contribution in [0.15, 0.2) is 90.3 Å². The maximum absolute atomic E-state index is 12.3. The van der Waals surface area contributed by atoms with Crippen LogP contribution in [-0.4, -0.2) is 20.6 Å². The maximum Gasteiger partial charge on any atom is 0.271 e. The van der Waals surface area contributed by atoms with Crippen molar-refractivity contribution >= 4 is 29.1 Å². The highest BCUT2D eigenvalue weighted by atomic mass is 35.5. The molecule has 1 amide bonds. The largest absolute Gasteiger partial charge is 0.508 e. The molecule has 0 fully saturated rings. The number of rotatable bonds is 4. The third-order valence-corrected chi connectivity index (χ3v) is 4.99. The Morgan fingerprint density at radius 2 is 1.77 bits per heavy atom. The van der Waals surface area contributed by atoms with Crippen molar-refractivity contribution in [2.24, 2.45) is 5.10 Å². The number of halogens is 2. The van der Waals surface area contributed by atoms with Crippen LogP contribution in [0.3, 0.4) is 0 Å². The molecule has 1 heterocycles. The van der Waals surface area contributed by atoms with Gasteiger partial charge in [0.25, 0.3) is 5.91 Å². The molecule has 0 saturated heterocycles. The second-order valence-electron chi connectivity index (χ2n) is 6.57. The molecule has 4 aromatic rings. The molecule has 0 aliphatic carbocycles. The Balaban J connectivity index is 1.76. The maximum atomic E-state index is 12.3. The lowest BCUT2D eigenvalue weighted by atomic mass is 10.1. The zero-order chi connectivity index (χ0) is 21.8. The average molecular weight is 451 g/mol. The number of aromatic nitrogens is 2. The molecule has 1 aromatic heterocycles. The van der Waals surface area contributed by atoms with Crippen LogP contribution in [0.4, 0.5) is 0 Å². The van der Waals surface area contributed by atoms with Gasteiger partial charge in [0.2, 0.25) is 0 Å². The van der Waals surface area contributed by atoms with Crippen molar-refractivity contribution in [2.75, 3.05) is 0 Å². The van der Waals surface area contributed by atoms with Crippen LogP contribution in [0, 0.1) is 0 Å². The fourth-order valence-electron chi connectivity index (χ4n) is 2.99. The lowest BCUT2D eigenvalue weighted by Crippen LogP contribution is -2.23. The van der Waals surface area contributed by atoms with Crippen molar-refractivity contribution < 1.29 is 9.90 Å². The van der Waals surface area contributed by atoms with Crippen molar-refractivity contribution in [3.63, 3.8) is 0 Å². The molecule has 0 radical (unpaired) electrons. The molecule has 31 heavy (non-hydrogen) atoms. The summed E-state index contributed by atoms with van der Waals surface area (Å²) in [6, 6.07) is 22.6. The van der Waals surface area contributed by atoms with E-state index in [0.717, 1.165) is 11.3 Å². The Kier molecular flexibility index (Phi) is 6.02. The number of phenolic OH excluding ortho intramolecular Hbond substituents is 1. The number of amides is 1. The van der Waals surface area contributed by atoms with Crippen LogP contribution in [0.25, 0.3) is 16.9 Å². The molecule has 3 aromatic carbocycles. The van der Waals surface area contributed by atoms with Crippen LogP contribution < -0.4 is 10.9 Å². The Hall–Kier alpha value is -3.61. The van der Waals surface area contributed by atoms with Crippen molar-refractivity contribution in [3.8, 4) is 22.7 Å². The summed E-state index contributed by atoms with van der Waals surface area (Å²) < 4.78 is 1.82. The standard InChI is InChI=1S/C23H16Cl2N4O2/c24-17-9-10-20(19(25)12-17)29-14-26-22(13-21(29)15-5-2-1-3-6-15)27-28-23(31)16-7-4-8-18(30)11-16/h1-14,30H,(H,28,31). The van der Waals surface area contributed by atoms with E-state index in [1.54, 1.807) is 42.7 Å². The quantitative estimate of drug-likeness (QED) is 0.438. The molecule has 4 rings (SSSR count). The molecule has 0 unspecified atom stereocenters. The van der Waals surface area contributed by atoms with E-state index in [9.17, 15) is 9.90 Å². The van der Waals surface area contributed by atoms with Gasteiger partial charge in [-0.2, -0.15) is 5.10 Å². The summed E-state index contributed by atoms with van der Waals surface area (Å²) in [5.41, 5.74) is 5.42.